The molecule has 1 aromatic rings. The summed E-state index contributed by atoms with van der Waals surface area (Å²) in [4.78, 5) is 20.1. The fourth-order valence-electron chi connectivity index (χ4n) is 1.73. The van der Waals surface area contributed by atoms with Crippen LogP contribution in [0.4, 0.5) is 0 Å². The topological polar surface area (TPSA) is 76.7 Å². The second-order valence-electron chi connectivity index (χ2n) is 4.62. The van der Waals surface area contributed by atoms with Crippen molar-refractivity contribution in [3.63, 3.8) is 0 Å². The minimum Gasteiger partial charge on any atom is -0.478 e. The van der Waals surface area contributed by atoms with Gasteiger partial charge >= 0.3 is 5.97 Å². The van der Waals surface area contributed by atoms with Crippen LogP contribution in [0.3, 0.4) is 0 Å². The molecule has 6 heteroatoms. The molecule has 92 valence electrons. The van der Waals surface area contributed by atoms with Crippen molar-refractivity contribution in [3.05, 3.63) is 18.2 Å². The standard InChI is InChI=1S/C11H15N3O3/c1-7(2)14-6-12-5-9(14)8-4-11(3,10(15)16)17-13-8/h5-7H,4H2,1-3H3,(H,15,16). The number of carbonyl (C=O) groups is 1. The number of oxime groups is 1. The van der Waals surface area contributed by atoms with Gasteiger partial charge in [-0.15, -0.1) is 0 Å². The molecular formula is C11H15N3O3. The minimum atomic E-state index is -1.26. The van der Waals surface area contributed by atoms with Gasteiger partial charge in [0.1, 0.15) is 5.71 Å². The predicted molar refractivity (Wildman–Crippen MR) is 60.9 cm³/mol. The molecule has 2 rings (SSSR count). The van der Waals surface area contributed by atoms with Crippen LogP contribution in [-0.4, -0.2) is 31.9 Å². The van der Waals surface area contributed by atoms with E-state index in [4.69, 9.17) is 9.94 Å². The fourth-order valence-corrected chi connectivity index (χ4v) is 1.73. The molecule has 0 bridgehead atoms. The molecule has 17 heavy (non-hydrogen) atoms. The quantitative estimate of drug-likeness (QED) is 0.862. The van der Waals surface area contributed by atoms with E-state index >= 15 is 0 Å². The third-order valence-electron chi connectivity index (χ3n) is 2.83. The molecule has 0 saturated heterocycles. The summed E-state index contributed by atoms with van der Waals surface area (Å²) < 4.78 is 1.94. The molecule has 0 spiro atoms. The molecule has 1 aliphatic rings. The summed E-state index contributed by atoms with van der Waals surface area (Å²) in [5.74, 6) is -1.01. The lowest BCUT2D eigenvalue weighted by atomic mass is 9.99. The first-order valence-corrected chi connectivity index (χ1v) is 5.44. The molecule has 6 nitrogen and oxygen atoms in total. The summed E-state index contributed by atoms with van der Waals surface area (Å²) in [5.41, 5.74) is 0.174. The second-order valence-corrected chi connectivity index (χ2v) is 4.62. The summed E-state index contributed by atoms with van der Waals surface area (Å²) >= 11 is 0. The van der Waals surface area contributed by atoms with E-state index in [1.54, 1.807) is 12.5 Å². The van der Waals surface area contributed by atoms with Crippen LogP contribution in [0, 0.1) is 0 Å². The predicted octanol–water partition coefficient (Wildman–Crippen LogP) is 1.43. The lowest BCUT2D eigenvalue weighted by Gasteiger charge is -2.15. The Bertz CT molecular complexity index is 478. The average Bonchev–Trinajstić information content (AvgIpc) is 2.83. The lowest BCUT2D eigenvalue weighted by Crippen LogP contribution is -2.35. The maximum Gasteiger partial charge on any atom is 0.351 e. The molecular weight excluding hydrogens is 222 g/mol. The van der Waals surface area contributed by atoms with E-state index in [-0.39, 0.29) is 12.5 Å². The molecule has 0 saturated carbocycles. The third kappa shape index (κ3) is 1.90. The van der Waals surface area contributed by atoms with Crippen molar-refractivity contribution in [3.8, 4) is 0 Å². The van der Waals surface area contributed by atoms with E-state index in [9.17, 15) is 4.79 Å². The molecule has 1 unspecified atom stereocenters. The SMILES string of the molecule is CC(C)n1cncc1C1=NOC(C)(C(=O)O)C1. The van der Waals surface area contributed by atoms with Crippen LogP contribution in [0.1, 0.15) is 38.9 Å². The Morgan fingerprint density at radius 2 is 2.35 bits per heavy atom. The molecule has 1 N–H and O–H groups in total. The fraction of sp³-hybridized carbons (Fsp3) is 0.545. The molecule has 0 amide bonds. The Morgan fingerprint density at radius 3 is 2.88 bits per heavy atom. The van der Waals surface area contributed by atoms with E-state index in [2.05, 4.69) is 10.1 Å². The summed E-state index contributed by atoms with van der Waals surface area (Å²) in [6.07, 6.45) is 3.63. The molecule has 0 aliphatic carbocycles. The van der Waals surface area contributed by atoms with Gasteiger partial charge in [0.25, 0.3) is 0 Å². The summed E-state index contributed by atoms with van der Waals surface area (Å²) in [5, 5.41) is 12.9. The number of aliphatic carboxylic acids is 1. The molecule has 0 aromatic carbocycles. The first-order chi connectivity index (χ1) is 7.94. The van der Waals surface area contributed by atoms with Crippen molar-refractivity contribution in [2.24, 2.45) is 5.16 Å². The maximum atomic E-state index is 11.0. The largest absolute Gasteiger partial charge is 0.478 e. The Hall–Kier alpha value is -1.85. The van der Waals surface area contributed by atoms with Gasteiger partial charge in [-0.2, -0.15) is 0 Å². The highest BCUT2D eigenvalue weighted by Crippen LogP contribution is 2.27. The Labute approximate surface area is 98.9 Å². The average molecular weight is 237 g/mol. The molecule has 1 atom stereocenters. The van der Waals surface area contributed by atoms with E-state index in [0.717, 1.165) is 5.69 Å². The van der Waals surface area contributed by atoms with Crippen LogP contribution in [0.5, 0.6) is 0 Å². The molecule has 1 aliphatic heterocycles. The lowest BCUT2D eigenvalue weighted by molar-refractivity contribution is -0.160. The summed E-state index contributed by atoms with van der Waals surface area (Å²) in [6, 6.07) is 0.242. The van der Waals surface area contributed by atoms with Gasteiger partial charge in [0, 0.05) is 12.5 Å². The number of carboxylic acids is 1. The van der Waals surface area contributed by atoms with E-state index in [1.807, 2.05) is 18.4 Å². The highest BCUT2D eigenvalue weighted by atomic mass is 16.7. The van der Waals surface area contributed by atoms with Crippen molar-refractivity contribution in [1.82, 2.24) is 9.55 Å². The highest BCUT2D eigenvalue weighted by Gasteiger charge is 2.43. The number of hydrogen-bond acceptors (Lipinski definition) is 4. The smallest absolute Gasteiger partial charge is 0.351 e. The Balaban J connectivity index is 2.26. The molecule has 2 heterocycles. The summed E-state index contributed by atoms with van der Waals surface area (Å²) in [6.45, 7) is 5.57. The summed E-state index contributed by atoms with van der Waals surface area (Å²) in [7, 11) is 0. The van der Waals surface area contributed by atoms with Gasteiger partial charge < -0.3 is 14.5 Å². The first-order valence-electron chi connectivity index (χ1n) is 5.44. The van der Waals surface area contributed by atoms with Crippen molar-refractivity contribution < 1.29 is 14.7 Å². The maximum absolute atomic E-state index is 11.0. The second kappa shape index (κ2) is 3.87. The number of hydrogen-bond donors (Lipinski definition) is 1. The van der Waals surface area contributed by atoms with Gasteiger partial charge in [-0.1, -0.05) is 5.16 Å². The third-order valence-corrected chi connectivity index (χ3v) is 2.83. The van der Waals surface area contributed by atoms with Crippen molar-refractivity contribution in [2.75, 3.05) is 0 Å². The zero-order valence-electron chi connectivity index (χ0n) is 10.0. The minimum absolute atomic E-state index is 0.242. The number of imidazole rings is 1. The van der Waals surface area contributed by atoms with Crippen LogP contribution >= 0.6 is 0 Å². The zero-order chi connectivity index (χ0) is 12.6. The normalized spacial score (nSPS) is 23.6. The van der Waals surface area contributed by atoms with Gasteiger partial charge in [-0.25, -0.2) is 9.78 Å². The first kappa shape index (κ1) is 11.6. The number of rotatable bonds is 3. The van der Waals surface area contributed by atoms with Crippen LogP contribution in [0.25, 0.3) is 0 Å². The van der Waals surface area contributed by atoms with E-state index < -0.39 is 11.6 Å². The van der Waals surface area contributed by atoms with Crippen LogP contribution in [0.15, 0.2) is 17.7 Å². The van der Waals surface area contributed by atoms with Gasteiger partial charge in [0.15, 0.2) is 0 Å². The molecule has 1 aromatic heterocycles. The number of nitrogens with zero attached hydrogens (tertiary/aromatic N) is 3. The number of carboxylic acid groups (broad SMARTS) is 1. The monoisotopic (exact) mass is 237 g/mol. The zero-order valence-corrected chi connectivity index (χ0v) is 10.0. The van der Waals surface area contributed by atoms with Gasteiger partial charge in [0.2, 0.25) is 5.60 Å². The molecule has 0 radical (unpaired) electrons. The Kier molecular flexibility index (Phi) is 2.65. The van der Waals surface area contributed by atoms with Crippen molar-refractivity contribution in [1.29, 1.82) is 0 Å². The molecule has 0 fully saturated rings. The van der Waals surface area contributed by atoms with Gasteiger partial charge in [0.05, 0.1) is 18.2 Å². The van der Waals surface area contributed by atoms with Crippen molar-refractivity contribution >= 4 is 11.7 Å². The van der Waals surface area contributed by atoms with Crippen molar-refractivity contribution in [2.45, 2.75) is 38.8 Å². The van der Waals surface area contributed by atoms with Gasteiger partial charge in [-0.3, -0.25) is 0 Å². The van der Waals surface area contributed by atoms with Gasteiger partial charge in [-0.05, 0) is 20.8 Å². The van der Waals surface area contributed by atoms with Crippen LogP contribution < -0.4 is 0 Å². The Morgan fingerprint density at radius 1 is 1.65 bits per heavy atom. The van der Waals surface area contributed by atoms with Crippen LogP contribution in [-0.2, 0) is 9.63 Å². The van der Waals surface area contributed by atoms with Crippen LogP contribution in [0.2, 0.25) is 0 Å². The highest BCUT2D eigenvalue weighted by molar-refractivity contribution is 6.03. The van der Waals surface area contributed by atoms with E-state index in [0.29, 0.717) is 5.71 Å². The number of aromatic nitrogens is 2. The van der Waals surface area contributed by atoms with E-state index in [1.165, 1.54) is 6.92 Å².